The summed E-state index contributed by atoms with van der Waals surface area (Å²) in [6.45, 7) is 2.29. The lowest BCUT2D eigenvalue weighted by molar-refractivity contribution is 0.179. The van der Waals surface area contributed by atoms with Crippen molar-refractivity contribution in [3.63, 3.8) is 0 Å². The average Bonchev–Trinajstić information content (AvgIpc) is 2.30. The fraction of sp³-hybridized carbons (Fsp3) is 0.500. The Balaban J connectivity index is 2.15. The van der Waals surface area contributed by atoms with Gasteiger partial charge >= 0.3 is 0 Å². The number of hydrogen-bond acceptors (Lipinski definition) is 2. The van der Waals surface area contributed by atoms with E-state index in [1.807, 2.05) is 6.07 Å². The van der Waals surface area contributed by atoms with Gasteiger partial charge in [0, 0.05) is 19.1 Å². The van der Waals surface area contributed by atoms with E-state index in [-0.39, 0.29) is 6.61 Å². The fourth-order valence-electron chi connectivity index (χ4n) is 2.25. The normalized spacial score (nSPS) is 27.5. The molecule has 0 aliphatic carbocycles. The maximum Gasteiger partial charge on any atom is 0.0477 e. The molecule has 1 aliphatic rings. The summed E-state index contributed by atoms with van der Waals surface area (Å²) in [7, 11) is 0. The second-order valence-electron chi connectivity index (χ2n) is 3.95. The summed E-state index contributed by atoms with van der Waals surface area (Å²) in [5, 5.41) is 12.6. The molecule has 14 heavy (non-hydrogen) atoms. The number of piperidine rings is 1. The SMILES string of the molecule is OC[C@H]1CNCC[C@@H]1c1ccccc1. The lowest BCUT2D eigenvalue weighted by Gasteiger charge is -2.31. The average molecular weight is 191 g/mol. The summed E-state index contributed by atoms with van der Waals surface area (Å²) in [5.74, 6) is 0.911. The molecule has 1 saturated heterocycles. The van der Waals surface area contributed by atoms with Crippen molar-refractivity contribution in [1.29, 1.82) is 0 Å². The van der Waals surface area contributed by atoms with Gasteiger partial charge in [0.05, 0.1) is 0 Å². The molecule has 2 nitrogen and oxygen atoms in total. The van der Waals surface area contributed by atoms with Crippen LogP contribution in [-0.4, -0.2) is 24.8 Å². The van der Waals surface area contributed by atoms with Crippen LogP contribution in [0.25, 0.3) is 0 Å². The van der Waals surface area contributed by atoms with Gasteiger partial charge in [-0.05, 0) is 24.4 Å². The summed E-state index contributed by atoms with van der Waals surface area (Å²) in [4.78, 5) is 0. The zero-order valence-electron chi connectivity index (χ0n) is 8.32. The molecule has 76 valence electrons. The third-order valence-corrected chi connectivity index (χ3v) is 3.07. The Hall–Kier alpha value is -0.860. The topological polar surface area (TPSA) is 32.3 Å². The molecule has 1 aromatic carbocycles. The molecule has 0 aromatic heterocycles. The zero-order valence-corrected chi connectivity index (χ0v) is 8.32. The van der Waals surface area contributed by atoms with Gasteiger partial charge in [-0.3, -0.25) is 0 Å². The Labute approximate surface area is 85.0 Å². The summed E-state index contributed by atoms with van der Waals surface area (Å²) in [6, 6.07) is 10.5. The summed E-state index contributed by atoms with van der Waals surface area (Å²) < 4.78 is 0. The van der Waals surface area contributed by atoms with Crippen molar-refractivity contribution in [2.45, 2.75) is 12.3 Å². The Morgan fingerprint density at radius 1 is 1.29 bits per heavy atom. The van der Waals surface area contributed by atoms with Crippen LogP contribution in [0.1, 0.15) is 17.9 Å². The number of benzene rings is 1. The van der Waals surface area contributed by atoms with Crippen molar-refractivity contribution in [2.75, 3.05) is 19.7 Å². The highest BCUT2D eigenvalue weighted by Crippen LogP contribution is 2.29. The van der Waals surface area contributed by atoms with E-state index in [0.29, 0.717) is 11.8 Å². The van der Waals surface area contributed by atoms with Gasteiger partial charge in [-0.1, -0.05) is 30.3 Å². The largest absolute Gasteiger partial charge is 0.396 e. The number of aliphatic hydroxyl groups excluding tert-OH is 1. The first-order valence-corrected chi connectivity index (χ1v) is 5.28. The molecular formula is C12H17NO. The van der Waals surface area contributed by atoms with Crippen LogP contribution in [0.5, 0.6) is 0 Å². The van der Waals surface area contributed by atoms with Crippen LogP contribution in [0.2, 0.25) is 0 Å². The standard InChI is InChI=1S/C12H17NO/c14-9-11-8-13-7-6-12(11)10-4-2-1-3-5-10/h1-5,11-14H,6-9H2/t11-,12-/m1/s1. The second-order valence-corrected chi connectivity index (χ2v) is 3.95. The van der Waals surface area contributed by atoms with Crippen molar-refractivity contribution in [3.8, 4) is 0 Å². The van der Waals surface area contributed by atoms with Gasteiger partial charge in [-0.15, -0.1) is 0 Å². The Morgan fingerprint density at radius 3 is 2.79 bits per heavy atom. The van der Waals surface area contributed by atoms with E-state index < -0.39 is 0 Å². The molecule has 1 aliphatic heterocycles. The van der Waals surface area contributed by atoms with Crippen molar-refractivity contribution < 1.29 is 5.11 Å². The minimum atomic E-state index is 0.284. The Kier molecular flexibility index (Phi) is 3.17. The predicted molar refractivity (Wildman–Crippen MR) is 57.2 cm³/mol. The minimum absolute atomic E-state index is 0.284. The number of rotatable bonds is 2. The Morgan fingerprint density at radius 2 is 2.07 bits per heavy atom. The first-order chi connectivity index (χ1) is 6.92. The summed E-state index contributed by atoms with van der Waals surface area (Å²) in [5.41, 5.74) is 1.37. The van der Waals surface area contributed by atoms with Crippen LogP contribution in [0.4, 0.5) is 0 Å². The summed E-state index contributed by atoms with van der Waals surface area (Å²) in [6.07, 6.45) is 1.13. The van der Waals surface area contributed by atoms with Gasteiger partial charge in [0.15, 0.2) is 0 Å². The minimum Gasteiger partial charge on any atom is -0.396 e. The molecule has 0 saturated carbocycles. The van der Waals surface area contributed by atoms with Gasteiger partial charge in [-0.2, -0.15) is 0 Å². The van der Waals surface area contributed by atoms with E-state index in [2.05, 4.69) is 29.6 Å². The molecule has 0 amide bonds. The van der Waals surface area contributed by atoms with E-state index in [4.69, 9.17) is 0 Å². The molecule has 2 rings (SSSR count). The highest BCUT2D eigenvalue weighted by molar-refractivity contribution is 5.21. The van der Waals surface area contributed by atoms with Crippen LogP contribution in [0.3, 0.4) is 0 Å². The quantitative estimate of drug-likeness (QED) is 0.740. The first kappa shape index (κ1) is 9.69. The third kappa shape index (κ3) is 1.97. The van der Waals surface area contributed by atoms with Gasteiger partial charge in [0.2, 0.25) is 0 Å². The van der Waals surface area contributed by atoms with Crippen molar-refractivity contribution >= 4 is 0 Å². The predicted octanol–water partition coefficient (Wildman–Crippen LogP) is 1.37. The molecular weight excluding hydrogens is 174 g/mol. The highest BCUT2D eigenvalue weighted by atomic mass is 16.3. The second kappa shape index (κ2) is 4.58. The lowest BCUT2D eigenvalue weighted by atomic mass is 9.82. The van der Waals surface area contributed by atoms with Gasteiger partial charge in [0.1, 0.15) is 0 Å². The summed E-state index contributed by atoms with van der Waals surface area (Å²) >= 11 is 0. The van der Waals surface area contributed by atoms with Crippen LogP contribution in [0.15, 0.2) is 30.3 Å². The fourth-order valence-corrected chi connectivity index (χ4v) is 2.25. The molecule has 1 fully saturated rings. The van der Waals surface area contributed by atoms with Crippen LogP contribution in [0, 0.1) is 5.92 Å². The molecule has 0 unspecified atom stereocenters. The molecule has 0 radical (unpaired) electrons. The van der Waals surface area contributed by atoms with Crippen LogP contribution in [-0.2, 0) is 0 Å². The van der Waals surface area contributed by atoms with Gasteiger partial charge < -0.3 is 10.4 Å². The van der Waals surface area contributed by atoms with Crippen LogP contribution < -0.4 is 5.32 Å². The smallest absolute Gasteiger partial charge is 0.0477 e. The third-order valence-electron chi connectivity index (χ3n) is 3.07. The van der Waals surface area contributed by atoms with Gasteiger partial charge in [-0.25, -0.2) is 0 Å². The Bertz CT molecular complexity index is 273. The van der Waals surface area contributed by atoms with E-state index >= 15 is 0 Å². The van der Waals surface area contributed by atoms with E-state index in [1.54, 1.807) is 0 Å². The number of nitrogens with one attached hydrogen (secondary N) is 1. The lowest BCUT2D eigenvalue weighted by Crippen LogP contribution is -2.37. The monoisotopic (exact) mass is 191 g/mol. The first-order valence-electron chi connectivity index (χ1n) is 5.28. The molecule has 0 spiro atoms. The molecule has 1 aromatic rings. The van der Waals surface area contributed by atoms with E-state index in [0.717, 1.165) is 19.5 Å². The van der Waals surface area contributed by atoms with Crippen molar-refractivity contribution in [1.82, 2.24) is 5.32 Å². The molecule has 2 atom stereocenters. The molecule has 2 N–H and O–H groups in total. The van der Waals surface area contributed by atoms with E-state index in [9.17, 15) is 5.11 Å². The molecule has 0 bridgehead atoms. The van der Waals surface area contributed by atoms with Crippen molar-refractivity contribution in [3.05, 3.63) is 35.9 Å². The number of hydrogen-bond donors (Lipinski definition) is 2. The zero-order chi connectivity index (χ0) is 9.80. The molecule has 2 heteroatoms. The highest BCUT2D eigenvalue weighted by Gasteiger charge is 2.25. The maximum absolute atomic E-state index is 9.28. The van der Waals surface area contributed by atoms with E-state index in [1.165, 1.54) is 5.56 Å². The van der Waals surface area contributed by atoms with Crippen LogP contribution >= 0.6 is 0 Å². The van der Waals surface area contributed by atoms with Gasteiger partial charge in [0.25, 0.3) is 0 Å². The number of aliphatic hydroxyl groups is 1. The van der Waals surface area contributed by atoms with Crippen molar-refractivity contribution in [2.24, 2.45) is 5.92 Å². The molecule has 1 heterocycles. The maximum atomic E-state index is 9.28.